The van der Waals surface area contributed by atoms with E-state index in [1.165, 1.54) is 24.3 Å². The standard InChI is InChI=1S/C21H17ClF2N2O3S/c22-14-11-16(23)18(17(24)12-14)21(30(28,29)15-9-5-2-6-10-15)26-19(20(25)27)13-7-3-1-4-8-13/h1-12,19,21,26H,(H2,25,27). The topological polar surface area (TPSA) is 89.3 Å². The average molecular weight is 451 g/mol. The summed E-state index contributed by atoms with van der Waals surface area (Å²) in [6.07, 6.45) is 0. The molecule has 3 aromatic carbocycles. The van der Waals surface area contributed by atoms with Crippen LogP contribution in [0.1, 0.15) is 22.5 Å². The number of amides is 1. The van der Waals surface area contributed by atoms with E-state index < -0.39 is 44.4 Å². The Hall–Kier alpha value is -2.81. The van der Waals surface area contributed by atoms with Gasteiger partial charge in [-0.3, -0.25) is 10.1 Å². The van der Waals surface area contributed by atoms with E-state index in [2.05, 4.69) is 5.32 Å². The van der Waals surface area contributed by atoms with Gasteiger partial charge in [-0.2, -0.15) is 0 Å². The molecule has 0 saturated heterocycles. The third-order valence-corrected chi connectivity index (χ3v) is 6.56. The van der Waals surface area contributed by atoms with E-state index in [1.54, 1.807) is 36.4 Å². The minimum atomic E-state index is -4.39. The van der Waals surface area contributed by atoms with Gasteiger partial charge >= 0.3 is 0 Å². The van der Waals surface area contributed by atoms with E-state index in [0.717, 1.165) is 12.1 Å². The number of nitrogens with one attached hydrogen (secondary N) is 1. The second-order valence-electron chi connectivity index (χ2n) is 6.43. The fourth-order valence-corrected chi connectivity index (χ4v) is 4.87. The van der Waals surface area contributed by atoms with Crippen LogP contribution in [0.5, 0.6) is 0 Å². The molecule has 0 spiro atoms. The first kappa shape index (κ1) is 21.9. The molecule has 2 atom stereocenters. The number of hydrogen-bond donors (Lipinski definition) is 2. The molecule has 0 radical (unpaired) electrons. The number of nitrogens with two attached hydrogens (primary N) is 1. The Bertz CT molecular complexity index is 1140. The van der Waals surface area contributed by atoms with E-state index in [4.69, 9.17) is 17.3 Å². The van der Waals surface area contributed by atoms with Gasteiger partial charge in [0.25, 0.3) is 0 Å². The highest BCUT2D eigenvalue weighted by atomic mass is 35.5. The van der Waals surface area contributed by atoms with Crippen LogP contribution in [-0.4, -0.2) is 14.3 Å². The Balaban J connectivity index is 2.19. The Labute approximate surface area is 177 Å². The molecule has 0 fully saturated rings. The third-order valence-electron chi connectivity index (χ3n) is 4.42. The number of hydrogen-bond acceptors (Lipinski definition) is 4. The zero-order valence-electron chi connectivity index (χ0n) is 15.4. The monoisotopic (exact) mass is 450 g/mol. The van der Waals surface area contributed by atoms with Gasteiger partial charge in [0.15, 0.2) is 9.84 Å². The van der Waals surface area contributed by atoms with E-state index in [1.807, 2.05) is 0 Å². The summed E-state index contributed by atoms with van der Waals surface area (Å²) in [5.74, 6) is -3.26. The third kappa shape index (κ3) is 4.51. The molecule has 156 valence electrons. The van der Waals surface area contributed by atoms with E-state index in [9.17, 15) is 22.0 Å². The molecule has 5 nitrogen and oxygen atoms in total. The van der Waals surface area contributed by atoms with Crippen molar-refractivity contribution in [3.05, 3.63) is 101 Å². The minimum absolute atomic E-state index is 0.187. The minimum Gasteiger partial charge on any atom is -0.368 e. The predicted molar refractivity (Wildman–Crippen MR) is 109 cm³/mol. The van der Waals surface area contributed by atoms with Gasteiger partial charge < -0.3 is 5.73 Å². The zero-order chi connectivity index (χ0) is 21.9. The number of halogens is 3. The maximum absolute atomic E-state index is 14.7. The molecule has 2 unspecified atom stereocenters. The van der Waals surface area contributed by atoms with Gasteiger partial charge in [-0.05, 0) is 29.8 Å². The summed E-state index contributed by atoms with van der Waals surface area (Å²) in [6.45, 7) is 0. The van der Waals surface area contributed by atoms with Gasteiger partial charge in [-0.25, -0.2) is 17.2 Å². The molecular weight excluding hydrogens is 434 g/mol. The molecule has 0 bridgehead atoms. The van der Waals surface area contributed by atoms with Crippen LogP contribution in [-0.2, 0) is 14.6 Å². The number of carbonyl (C=O) groups excluding carboxylic acids is 1. The number of primary amides is 1. The van der Waals surface area contributed by atoms with Gasteiger partial charge in [0, 0.05) is 5.02 Å². The fourth-order valence-electron chi connectivity index (χ4n) is 3.02. The first-order valence-electron chi connectivity index (χ1n) is 8.75. The van der Waals surface area contributed by atoms with Crippen LogP contribution in [0.2, 0.25) is 5.02 Å². The van der Waals surface area contributed by atoms with Crippen molar-refractivity contribution in [1.82, 2.24) is 5.32 Å². The molecule has 3 rings (SSSR count). The summed E-state index contributed by atoms with van der Waals surface area (Å²) in [6, 6.07) is 15.4. The molecule has 0 heterocycles. The summed E-state index contributed by atoms with van der Waals surface area (Å²) < 4.78 is 56.1. The normalized spacial score (nSPS) is 13.6. The van der Waals surface area contributed by atoms with Crippen molar-refractivity contribution in [3.63, 3.8) is 0 Å². The van der Waals surface area contributed by atoms with Crippen molar-refractivity contribution < 1.29 is 22.0 Å². The lowest BCUT2D eigenvalue weighted by atomic mass is 10.1. The van der Waals surface area contributed by atoms with Crippen molar-refractivity contribution in [1.29, 1.82) is 0 Å². The lowest BCUT2D eigenvalue weighted by molar-refractivity contribution is -0.120. The van der Waals surface area contributed by atoms with Crippen molar-refractivity contribution in [3.8, 4) is 0 Å². The Morgan fingerprint density at radius 1 is 0.933 bits per heavy atom. The molecule has 3 N–H and O–H groups in total. The lowest BCUT2D eigenvalue weighted by Crippen LogP contribution is -2.39. The van der Waals surface area contributed by atoms with Crippen LogP contribution in [0.3, 0.4) is 0 Å². The van der Waals surface area contributed by atoms with Gasteiger partial charge in [0.2, 0.25) is 5.91 Å². The molecule has 1 amide bonds. The molecule has 0 aliphatic carbocycles. The lowest BCUT2D eigenvalue weighted by Gasteiger charge is -2.25. The Kier molecular flexibility index (Phi) is 6.50. The van der Waals surface area contributed by atoms with Crippen LogP contribution in [0.4, 0.5) is 8.78 Å². The van der Waals surface area contributed by atoms with Crippen LogP contribution >= 0.6 is 11.6 Å². The summed E-state index contributed by atoms with van der Waals surface area (Å²) in [5.41, 5.74) is 5.03. The van der Waals surface area contributed by atoms with Crippen LogP contribution in [0.25, 0.3) is 0 Å². The second-order valence-corrected chi connectivity index (χ2v) is 8.90. The Morgan fingerprint density at radius 2 is 1.43 bits per heavy atom. The van der Waals surface area contributed by atoms with Crippen LogP contribution < -0.4 is 11.1 Å². The fraction of sp³-hybridized carbons (Fsp3) is 0.0952. The summed E-state index contributed by atoms with van der Waals surface area (Å²) in [4.78, 5) is 11.9. The molecule has 0 saturated carbocycles. The van der Waals surface area contributed by atoms with Gasteiger partial charge in [-0.1, -0.05) is 60.1 Å². The van der Waals surface area contributed by atoms with Gasteiger partial charge in [0.05, 0.1) is 10.5 Å². The molecule has 30 heavy (non-hydrogen) atoms. The molecule has 3 aromatic rings. The first-order valence-corrected chi connectivity index (χ1v) is 10.7. The summed E-state index contributed by atoms with van der Waals surface area (Å²) in [5, 5.41) is 0.354. The predicted octanol–water partition coefficient (Wildman–Crippen LogP) is 3.91. The second kappa shape index (κ2) is 8.91. The maximum Gasteiger partial charge on any atom is 0.239 e. The number of carbonyl (C=O) groups is 1. The van der Waals surface area contributed by atoms with Gasteiger partial charge in [0.1, 0.15) is 23.1 Å². The summed E-state index contributed by atoms with van der Waals surface area (Å²) >= 11 is 5.69. The van der Waals surface area contributed by atoms with Crippen molar-refractivity contribution >= 4 is 27.3 Å². The highest BCUT2D eigenvalue weighted by molar-refractivity contribution is 7.91. The first-order chi connectivity index (χ1) is 14.2. The van der Waals surface area contributed by atoms with Gasteiger partial charge in [-0.15, -0.1) is 0 Å². The van der Waals surface area contributed by atoms with E-state index >= 15 is 0 Å². The molecular formula is C21H17ClF2N2O3S. The molecule has 9 heteroatoms. The smallest absolute Gasteiger partial charge is 0.239 e. The molecule has 0 aliphatic rings. The van der Waals surface area contributed by atoms with Crippen LogP contribution in [0.15, 0.2) is 77.7 Å². The van der Waals surface area contributed by atoms with Crippen molar-refractivity contribution in [2.45, 2.75) is 16.3 Å². The average Bonchev–Trinajstić information content (AvgIpc) is 2.70. The van der Waals surface area contributed by atoms with Crippen molar-refractivity contribution in [2.24, 2.45) is 5.73 Å². The van der Waals surface area contributed by atoms with Crippen molar-refractivity contribution in [2.75, 3.05) is 0 Å². The van der Waals surface area contributed by atoms with E-state index in [-0.39, 0.29) is 9.92 Å². The molecule has 0 aromatic heterocycles. The highest BCUT2D eigenvalue weighted by Gasteiger charge is 2.37. The molecule has 0 aliphatic heterocycles. The maximum atomic E-state index is 14.7. The number of rotatable bonds is 7. The number of sulfone groups is 1. The zero-order valence-corrected chi connectivity index (χ0v) is 17.0. The van der Waals surface area contributed by atoms with E-state index in [0.29, 0.717) is 5.56 Å². The summed E-state index contributed by atoms with van der Waals surface area (Å²) in [7, 11) is -4.39. The largest absolute Gasteiger partial charge is 0.368 e. The van der Waals surface area contributed by atoms with Crippen LogP contribution in [0, 0.1) is 11.6 Å². The quantitative estimate of drug-likeness (QED) is 0.571. The Morgan fingerprint density at radius 3 is 1.93 bits per heavy atom. The number of benzene rings is 3. The highest BCUT2D eigenvalue weighted by Crippen LogP contribution is 2.34. The SMILES string of the molecule is NC(=O)C(NC(c1c(F)cc(Cl)cc1F)S(=O)(=O)c1ccccc1)c1ccccc1.